The molecule has 2 aliphatic rings. The lowest BCUT2D eigenvalue weighted by atomic mass is 10.1. The standard InChI is InChI=1S/C12H19N3O2/c1-9-14-11(13)6-7-15(9)12-5-4-10(17-12)3-2-8-16/h6-7,10,12,16H,1-5,8H2,(H2,13,14)/t10-,12-/m1/s1. The van der Waals surface area contributed by atoms with Crippen LogP contribution in [-0.4, -0.2) is 34.8 Å². The topological polar surface area (TPSA) is 71.1 Å². The minimum Gasteiger partial charge on any atom is -0.396 e. The molecule has 0 unspecified atom stereocenters. The molecular weight excluding hydrogens is 218 g/mol. The van der Waals surface area contributed by atoms with Gasteiger partial charge in [-0.1, -0.05) is 6.58 Å². The van der Waals surface area contributed by atoms with E-state index in [0.717, 1.165) is 25.7 Å². The molecular formula is C12H19N3O2. The van der Waals surface area contributed by atoms with Crippen LogP contribution >= 0.6 is 0 Å². The molecule has 5 heteroatoms. The van der Waals surface area contributed by atoms with Crippen molar-refractivity contribution in [2.45, 2.75) is 38.0 Å². The smallest absolute Gasteiger partial charge is 0.135 e. The lowest BCUT2D eigenvalue weighted by Crippen LogP contribution is -2.32. The van der Waals surface area contributed by atoms with Crippen LogP contribution in [0.25, 0.3) is 0 Å². The number of hydrogen-bond donors (Lipinski definition) is 2. The van der Waals surface area contributed by atoms with Gasteiger partial charge in [-0.15, -0.1) is 0 Å². The number of rotatable bonds is 4. The maximum absolute atomic E-state index is 8.79. The fourth-order valence-electron chi connectivity index (χ4n) is 2.17. The highest BCUT2D eigenvalue weighted by Gasteiger charge is 2.30. The Bertz CT molecular complexity index is 352. The summed E-state index contributed by atoms with van der Waals surface area (Å²) in [6.07, 6.45) is 7.51. The Kier molecular flexibility index (Phi) is 3.81. The first-order valence-corrected chi connectivity index (χ1v) is 5.96. The molecule has 0 spiro atoms. The molecule has 2 atom stereocenters. The summed E-state index contributed by atoms with van der Waals surface area (Å²) in [6.45, 7) is 4.09. The third-order valence-electron chi connectivity index (χ3n) is 3.04. The Morgan fingerprint density at radius 3 is 3.12 bits per heavy atom. The Morgan fingerprint density at radius 2 is 2.41 bits per heavy atom. The highest BCUT2D eigenvalue weighted by molar-refractivity contribution is 5.92. The minimum absolute atomic E-state index is 0.000655. The third kappa shape index (κ3) is 2.87. The van der Waals surface area contributed by atoms with Gasteiger partial charge in [0.25, 0.3) is 0 Å². The Morgan fingerprint density at radius 1 is 1.59 bits per heavy atom. The minimum atomic E-state index is -0.000655. The van der Waals surface area contributed by atoms with Crippen molar-refractivity contribution < 1.29 is 9.84 Å². The van der Waals surface area contributed by atoms with Crippen molar-refractivity contribution in [3.63, 3.8) is 0 Å². The summed E-state index contributed by atoms with van der Waals surface area (Å²) < 4.78 is 5.90. The maximum atomic E-state index is 8.79. The average molecular weight is 237 g/mol. The summed E-state index contributed by atoms with van der Waals surface area (Å²) in [5.41, 5.74) is 5.59. The quantitative estimate of drug-likeness (QED) is 0.762. The van der Waals surface area contributed by atoms with Crippen LogP contribution in [0.4, 0.5) is 0 Å². The van der Waals surface area contributed by atoms with Gasteiger partial charge in [-0.3, -0.25) is 0 Å². The van der Waals surface area contributed by atoms with Crippen molar-refractivity contribution in [3.8, 4) is 0 Å². The van der Waals surface area contributed by atoms with Gasteiger partial charge in [-0.05, 0) is 31.8 Å². The van der Waals surface area contributed by atoms with E-state index in [1.807, 2.05) is 11.1 Å². The summed E-state index contributed by atoms with van der Waals surface area (Å²) in [7, 11) is 0. The zero-order valence-corrected chi connectivity index (χ0v) is 9.88. The summed E-state index contributed by atoms with van der Waals surface area (Å²) >= 11 is 0. The molecule has 2 rings (SSSR count). The number of aliphatic hydroxyl groups excluding tert-OH is 1. The largest absolute Gasteiger partial charge is 0.396 e. The van der Waals surface area contributed by atoms with Crippen LogP contribution in [-0.2, 0) is 4.74 Å². The number of hydrogen-bond acceptors (Lipinski definition) is 5. The van der Waals surface area contributed by atoms with Crippen LogP contribution < -0.4 is 5.73 Å². The zero-order chi connectivity index (χ0) is 12.3. The van der Waals surface area contributed by atoms with Gasteiger partial charge in [0.1, 0.15) is 17.9 Å². The summed E-state index contributed by atoms with van der Waals surface area (Å²) in [6, 6.07) is 0. The second-order valence-electron chi connectivity index (χ2n) is 4.33. The van der Waals surface area contributed by atoms with Crippen molar-refractivity contribution >= 4 is 5.84 Å². The van der Waals surface area contributed by atoms with Gasteiger partial charge in [0.05, 0.1) is 6.10 Å². The van der Waals surface area contributed by atoms with E-state index in [4.69, 9.17) is 15.6 Å². The Hall–Kier alpha value is -1.33. The normalized spacial score (nSPS) is 28.6. The van der Waals surface area contributed by atoms with Crippen molar-refractivity contribution in [2.75, 3.05) is 6.61 Å². The van der Waals surface area contributed by atoms with E-state index in [1.165, 1.54) is 0 Å². The molecule has 0 radical (unpaired) electrons. The number of nitrogens with two attached hydrogens (primary N) is 1. The van der Waals surface area contributed by atoms with Gasteiger partial charge < -0.3 is 20.5 Å². The highest BCUT2D eigenvalue weighted by Crippen LogP contribution is 2.28. The molecule has 3 N–H and O–H groups in total. The summed E-state index contributed by atoms with van der Waals surface area (Å²) in [5.74, 6) is 1.10. The number of aliphatic imine (C=N–C) groups is 1. The first kappa shape index (κ1) is 12.1. The van der Waals surface area contributed by atoms with Gasteiger partial charge in [0, 0.05) is 12.8 Å². The molecule has 0 saturated carbocycles. The second-order valence-corrected chi connectivity index (χ2v) is 4.33. The van der Waals surface area contributed by atoms with Crippen LogP contribution in [0, 0.1) is 0 Å². The van der Waals surface area contributed by atoms with Crippen LogP contribution in [0.1, 0.15) is 25.7 Å². The lowest BCUT2D eigenvalue weighted by molar-refractivity contribution is -0.0248. The van der Waals surface area contributed by atoms with Crippen molar-refractivity contribution in [1.29, 1.82) is 0 Å². The van der Waals surface area contributed by atoms with Crippen LogP contribution in [0.5, 0.6) is 0 Å². The average Bonchev–Trinajstić information content (AvgIpc) is 2.75. The number of nitrogens with zero attached hydrogens (tertiary/aromatic N) is 2. The van der Waals surface area contributed by atoms with Crippen molar-refractivity contribution in [2.24, 2.45) is 10.7 Å². The summed E-state index contributed by atoms with van der Waals surface area (Å²) in [4.78, 5) is 6.03. The SMILES string of the molecule is C=C1N=C(N)C=CN1[C@H]1CC[C@@H](CCCO)O1. The summed E-state index contributed by atoms with van der Waals surface area (Å²) in [5, 5.41) is 8.79. The van der Waals surface area contributed by atoms with E-state index in [2.05, 4.69) is 11.6 Å². The molecule has 5 nitrogen and oxygen atoms in total. The fraction of sp³-hybridized carbons (Fsp3) is 0.583. The van der Waals surface area contributed by atoms with E-state index in [-0.39, 0.29) is 18.9 Å². The van der Waals surface area contributed by atoms with E-state index in [9.17, 15) is 0 Å². The Balaban J connectivity index is 1.89. The molecule has 0 aromatic rings. The molecule has 0 bridgehead atoms. The number of amidine groups is 1. The molecule has 94 valence electrons. The van der Waals surface area contributed by atoms with Gasteiger partial charge in [-0.2, -0.15) is 0 Å². The maximum Gasteiger partial charge on any atom is 0.135 e. The molecule has 0 aromatic carbocycles. The second kappa shape index (κ2) is 5.33. The van der Waals surface area contributed by atoms with Crippen molar-refractivity contribution in [3.05, 3.63) is 24.7 Å². The first-order chi connectivity index (χ1) is 8.20. The zero-order valence-electron chi connectivity index (χ0n) is 9.88. The first-order valence-electron chi connectivity index (χ1n) is 5.96. The van der Waals surface area contributed by atoms with Gasteiger partial charge in [-0.25, -0.2) is 4.99 Å². The monoisotopic (exact) mass is 237 g/mol. The third-order valence-corrected chi connectivity index (χ3v) is 3.04. The van der Waals surface area contributed by atoms with E-state index < -0.39 is 0 Å². The Labute approximate surface area is 101 Å². The molecule has 0 aromatic heterocycles. The van der Waals surface area contributed by atoms with Crippen LogP contribution in [0.15, 0.2) is 29.7 Å². The predicted molar refractivity (Wildman–Crippen MR) is 66.0 cm³/mol. The van der Waals surface area contributed by atoms with Gasteiger partial charge in [0.2, 0.25) is 0 Å². The number of aliphatic hydroxyl groups is 1. The van der Waals surface area contributed by atoms with Crippen LogP contribution in [0.3, 0.4) is 0 Å². The van der Waals surface area contributed by atoms with E-state index >= 15 is 0 Å². The predicted octanol–water partition coefficient (Wildman–Crippen LogP) is 0.922. The molecule has 2 aliphatic heterocycles. The lowest BCUT2D eigenvalue weighted by Gasteiger charge is -2.28. The molecule has 0 aliphatic carbocycles. The molecule has 17 heavy (non-hydrogen) atoms. The molecule has 1 fully saturated rings. The fourth-order valence-corrected chi connectivity index (χ4v) is 2.17. The molecule has 2 heterocycles. The van der Waals surface area contributed by atoms with Crippen LogP contribution in [0.2, 0.25) is 0 Å². The molecule has 1 saturated heterocycles. The van der Waals surface area contributed by atoms with Crippen molar-refractivity contribution in [1.82, 2.24) is 4.90 Å². The number of ether oxygens (including phenoxy) is 1. The van der Waals surface area contributed by atoms with E-state index in [1.54, 1.807) is 6.08 Å². The van der Waals surface area contributed by atoms with Gasteiger partial charge in [0.15, 0.2) is 0 Å². The van der Waals surface area contributed by atoms with Gasteiger partial charge >= 0.3 is 0 Å². The van der Waals surface area contributed by atoms with E-state index in [0.29, 0.717) is 11.7 Å². The highest BCUT2D eigenvalue weighted by atomic mass is 16.5. The molecule has 0 amide bonds.